The van der Waals surface area contributed by atoms with Gasteiger partial charge in [-0.2, -0.15) is 13.2 Å². The van der Waals surface area contributed by atoms with Crippen molar-refractivity contribution >= 4 is 5.97 Å². The summed E-state index contributed by atoms with van der Waals surface area (Å²) in [6, 6.07) is 0. The largest absolute Gasteiger partial charge is 0.550 e. The Labute approximate surface area is 78.4 Å². The van der Waals surface area contributed by atoms with Gasteiger partial charge in [0.2, 0.25) is 0 Å². The molecule has 0 amide bonds. The normalized spacial score (nSPS) is 40.5. The Balaban J connectivity index is 2.31. The number of alkyl halides is 3. The molecule has 0 aliphatic heterocycles. The predicted molar refractivity (Wildman–Crippen MR) is 38.8 cm³/mol. The number of carboxylic acids is 1. The van der Waals surface area contributed by atoms with Crippen LogP contribution < -0.4 is 5.11 Å². The summed E-state index contributed by atoms with van der Waals surface area (Å²) in [4.78, 5) is 10.6. The molecule has 0 heterocycles. The molecule has 2 nitrogen and oxygen atoms in total. The minimum Gasteiger partial charge on any atom is -0.550 e. The van der Waals surface area contributed by atoms with Gasteiger partial charge in [-0.3, -0.25) is 0 Å². The minimum atomic E-state index is -4.44. The number of hydrogen-bond donors (Lipinski definition) is 0. The van der Waals surface area contributed by atoms with Gasteiger partial charge < -0.3 is 9.90 Å². The van der Waals surface area contributed by atoms with Gasteiger partial charge >= 0.3 is 6.18 Å². The summed E-state index contributed by atoms with van der Waals surface area (Å²) in [5.41, 5.74) is 0. The predicted octanol–water partition coefficient (Wildman–Crippen LogP) is 0.737. The zero-order valence-electron chi connectivity index (χ0n) is 7.12. The molecule has 1 fully saturated rings. The second-order valence-corrected chi connectivity index (χ2v) is 3.86. The molecule has 1 saturated carbocycles. The number of carboxylic acid groups (broad SMARTS) is 1. The lowest BCUT2D eigenvalue weighted by atomic mass is 9.82. The average Bonchev–Trinajstić information content (AvgIpc) is 2.58. The first kappa shape index (κ1) is 9.55. The number of carbonyl (C=O) groups excluding carboxylic acids is 1. The van der Waals surface area contributed by atoms with Crippen LogP contribution in [-0.2, 0) is 4.79 Å². The molecule has 0 N–H and O–H groups in total. The van der Waals surface area contributed by atoms with Crippen LogP contribution in [0, 0.1) is 23.7 Å². The third kappa shape index (κ3) is 1.22. The highest BCUT2D eigenvalue weighted by Gasteiger charge is 2.57. The highest BCUT2D eigenvalue weighted by molar-refractivity contribution is 5.70. The molecule has 2 aliphatic carbocycles. The number of rotatable bonds is 1. The van der Waals surface area contributed by atoms with Crippen LogP contribution in [0.3, 0.4) is 0 Å². The highest BCUT2D eigenvalue weighted by Crippen LogP contribution is 2.53. The Morgan fingerprint density at radius 3 is 2.29 bits per heavy atom. The van der Waals surface area contributed by atoms with Crippen molar-refractivity contribution in [2.75, 3.05) is 0 Å². The van der Waals surface area contributed by atoms with E-state index >= 15 is 0 Å². The lowest BCUT2D eigenvalue weighted by Gasteiger charge is -2.30. The first-order valence-electron chi connectivity index (χ1n) is 4.37. The maximum absolute atomic E-state index is 12.5. The van der Waals surface area contributed by atoms with Crippen molar-refractivity contribution in [3.63, 3.8) is 0 Å². The summed E-state index contributed by atoms with van der Waals surface area (Å²) in [5.74, 6) is -5.86. The fraction of sp³-hybridized carbons (Fsp3) is 0.667. The van der Waals surface area contributed by atoms with Crippen molar-refractivity contribution in [1.82, 2.24) is 0 Å². The molecule has 0 aromatic carbocycles. The van der Waals surface area contributed by atoms with E-state index in [1.807, 2.05) is 0 Å². The summed E-state index contributed by atoms with van der Waals surface area (Å²) in [5, 5.41) is 10.6. The van der Waals surface area contributed by atoms with Crippen LogP contribution in [0.4, 0.5) is 13.2 Å². The van der Waals surface area contributed by atoms with E-state index < -0.39 is 35.8 Å². The first-order valence-corrected chi connectivity index (χ1v) is 4.37. The van der Waals surface area contributed by atoms with Gasteiger partial charge in [0.25, 0.3) is 0 Å². The molecule has 2 bridgehead atoms. The van der Waals surface area contributed by atoms with Crippen molar-refractivity contribution < 1.29 is 23.1 Å². The van der Waals surface area contributed by atoms with E-state index in [2.05, 4.69) is 0 Å². The van der Waals surface area contributed by atoms with Crippen molar-refractivity contribution in [3.05, 3.63) is 12.2 Å². The number of aliphatic carboxylic acids is 1. The fourth-order valence-corrected chi connectivity index (χ4v) is 2.59. The van der Waals surface area contributed by atoms with Gasteiger partial charge in [-0.1, -0.05) is 12.2 Å². The molecule has 0 aromatic heterocycles. The molecule has 0 spiro atoms. The number of allylic oxidation sites excluding steroid dienone is 2. The summed E-state index contributed by atoms with van der Waals surface area (Å²) >= 11 is 0. The fourth-order valence-electron chi connectivity index (χ4n) is 2.59. The van der Waals surface area contributed by atoms with Crippen LogP contribution in [0.1, 0.15) is 6.42 Å². The summed E-state index contributed by atoms with van der Waals surface area (Å²) in [6.45, 7) is 0. The smallest absolute Gasteiger partial charge is 0.393 e. The minimum absolute atomic E-state index is 0.294. The summed E-state index contributed by atoms with van der Waals surface area (Å²) < 4.78 is 37.5. The van der Waals surface area contributed by atoms with Gasteiger partial charge in [0.1, 0.15) is 0 Å². The van der Waals surface area contributed by atoms with Crippen molar-refractivity contribution in [3.8, 4) is 0 Å². The van der Waals surface area contributed by atoms with Crippen molar-refractivity contribution in [2.45, 2.75) is 12.6 Å². The van der Waals surface area contributed by atoms with E-state index in [4.69, 9.17) is 0 Å². The van der Waals surface area contributed by atoms with Crippen LogP contribution in [0.25, 0.3) is 0 Å². The third-order valence-electron chi connectivity index (χ3n) is 3.11. The SMILES string of the molecule is O=C([O-])C1C2C=CC(C2)C1C(F)(F)F. The van der Waals surface area contributed by atoms with E-state index in [0.29, 0.717) is 6.42 Å². The topological polar surface area (TPSA) is 40.1 Å². The average molecular weight is 205 g/mol. The number of fused-ring (bicyclic) bond motifs is 2. The van der Waals surface area contributed by atoms with Crippen LogP contribution in [0.2, 0.25) is 0 Å². The van der Waals surface area contributed by atoms with E-state index in [-0.39, 0.29) is 0 Å². The Hall–Kier alpha value is -1.00. The molecular weight excluding hydrogens is 197 g/mol. The van der Waals surface area contributed by atoms with Gasteiger partial charge in [0.15, 0.2) is 0 Å². The van der Waals surface area contributed by atoms with Crippen molar-refractivity contribution in [2.24, 2.45) is 23.7 Å². The van der Waals surface area contributed by atoms with Gasteiger partial charge in [0, 0.05) is 11.9 Å². The number of hydrogen-bond acceptors (Lipinski definition) is 2. The number of carbonyl (C=O) groups is 1. The Morgan fingerprint density at radius 1 is 1.29 bits per heavy atom. The molecule has 0 radical (unpaired) electrons. The van der Waals surface area contributed by atoms with E-state index in [1.54, 1.807) is 6.08 Å². The number of halogens is 3. The molecule has 4 atom stereocenters. The lowest BCUT2D eigenvalue weighted by Crippen LogP contribution is -2.43. The molecule has 5 heteroatoms. The van der Waals surface area contributed by atoms with Crippen molar-refractivity contribution in [1.29, 1.82) is 0 Å². The van der Waals surface area contributed by atoms with E-state index in [0.717, 1.165) is 0 Å². The first-order chi connectivity index (χ1) is 6.41. The van der Waals surface area contributed by atoms with Gasteiger partial charge in [-0.25, -0.2) is 0 Å². The molecule has 78 valence electrons. The van der Waals surface area contributed by atoms with E-state index in [9.17, 15) is 23.1 Å². The van der Waals surface area contributed by atoms with Crippen LogP contribution in [0.15, 0.2) is 12.2 Å². The molecule has 0 aromatic rings. The van der Waals surface area contributed by atoms with Gasteiger partial charge in [-0.05, 0) is 18.3 Å². The second kappa shape index (κ2) is 2.74. The summed E-state index contributed by atoms with van der Waals surface area (Å²) in [7, 11) is 0. The quantitative estimate of drug-likeness (QED) is 0.592. The molecular formula is C9H8F3O2-. The monoisotopic (exact) mass is 205 g/mol. The highest BCUT2D eigenvalue weighted by atomic mass is 19.4. The molecule has 14 heavy (non-hydrogen) atoms. The lowest BCUT2D eigenvalue weighted by molar-refractivity contribution is -0.319. The molecule has 2 rings (SSSR count). The maximum Gasteiger partial charge on any atom is 0.393 e. The third-order valence-corrected chi connectivity index (χ3v) is 3.11. The van der Waals surface area contributed by atoms with Gasteiger partial charge in [-0.15, -0.1) is 0 Å². The summed E-state index contributed by atoms with van der Waals surface area (Å²) in [6.07, 6.45) is -1.10. The molecule has 0 saturated heterocycles. The zero-order valence-corrected chi connectivity index (χ0v) is 7.12. The Bertz CT molecular complexity index is 295. The molecule has 4 unspecified atom stereocenters. The van der Waals surface area contributed by atoms with Crippen LogP contribution in [0.5, 0.6) is 0 Å². The van der Waals surface area contributed by atoms with Crippen LogP contribution in [-0.4, -0.2) is 12.1 Å². The molecule has 2 aliphatic rings. The Morgan fingerprint density at radius 2 is 1.86 bits per heavy atom. The van der Waals surface area contributed by atoms with Gasteiger partial charge in [0.05, 0.1) is 5.92 Å². The van der Waals surface area contributed by atoms with Crippen LogP contribution >= 0.6 is 0 Å². The maximum atomic E-state index is 12.5. The van der Waals surface area contributed by atoms with E-state index in [1.165, 1.54) is 6.08 Å². The Kier molecular flexibility index (Phi) is 1.87. The second-order valence-electron chi connectivity index (χ2n) is 3.86. The zero-order chi connectivity index (χ0) is 10.5. The standard InChI is InChI=1S/C9H9F3O2/c10-9(11,12)7-5-2-1-4(3-5)6(7)8(13)14/h1-2,4-7H,3H2,(H,13,14)/p-1.